The molecule has 0 radical (unpaired) electrons. The standard InChI is InChI=1S/C14H12ClFS/c1-14(17-15,11-5-3-2-4-6-11)12-7-9-13(16)10-8-12/h2-10H,1H3. The number of hydrogen-bond donors (Lipinski definition) is 0. The molecule has 0 nitrogen and oxygen atoms in total. The van der Waals surface area contributed by atoms with Crippen LogP contribution in [0.2, 0.25) is 0 Å². The van der Waals surface area contributed by atoms with Crippen molar-refractivity contribution in [2.45, 2.75) is 11.7 Å². The van der Waals surface area contributed by atoms with Crippen LogP contribution in [0.15, 0.2) is 54.6 Å². The van der Waals surface area contributed by atoms with E-state index in [9.17, 15) is 4.39 Å². The Labute approximate surface area is 109 Å². The summed E-state index contributed by atoms with van der Waals surface area (Å²) in [6.07, 6.45) is 0. The maximum absolute atomic E-state index is 12.9. The Morgan fingerprint density at radius 3 is 2.00 bits per heavy atom. The monoisotopic (exact) mass is 266 g/mol. The molecule has 2 aromatic carbocycles. The van der Waals surface area contributed by atoms with Gasteiger partial charge in [0.1, 0.15) is 5.82 Å². The molecule has 0 fully saturated rings. The lowest BCUT2D eigenvalue weighted by molar-refractivity contribution is 0.626. The zero-order valence-electron chi connectivity index (χ0n) is 9.36. The summed E-state index contributed by atoms with van der Waals surface area (Å²) in [6.45, 7) is 2.03. The number of halogens is 2. The Kier molecular flexibility index (Phi) is 3.75. The van der Waals surface area contributed by atoms with Gasteiger partial charge in [-0.15, -0.1) is 0 Å². The molecule has 3 heteroatoms. The second-order valence-electron chi connectivity index (χ2n) is 3.98. The third-order valence-corrected chi connectivity index (χ3v) is 4.58. The molecule has 0 aliphatic carbocycles. The van der Waals surface area contributed by atoms with E-state index in [-0.39, 0.29) is 10.6 Å². The largest absolute Gasteiger partial charge is 0.207 e. The highest BCUT2D eigenvalue weighted by Crippen LogP contribution is 2.44. The van der Waals surface area contributed by atoms with E-state index < -0.39 is 0 Å². The van der Waals surface area contributed by atoms with Crippen molar-refractivity contribution in [1.29, 1.82) is 0 Å². The smallest absolute Gasteiger partial charge is 0.123 e. The van der Waals surface area contributed by atoms with Crippen LogP contribution in [-0.4, -0.2) is 0 Å². The average molecular weight is 267 g/mol. The van der Waals surface area contributed by atoms with Crippen molar-refractivity contribution in [3.63, 3.8) is 0 Å². The fourth-order valence-corrected chi connectivity index (χ4v) is 2.76. The summed E-state index contributed by atoms with van der Waals surface area (Å²) in [6, 6.07) is 16.4. The molecule has 0 N–H and O–H groups in total. The molecule has 0 saturated heterocycles. The second kappa shape index (κ2) is 5.11. The molecule has 2 rings (SSSR count). The number of hydrogen-bond acceptors (Lipinski definition) is 1. The molecule has 0 amide bonds. The van der Waals surface area contributed by atoms with Crippen LogP contribution in [0.4, 0.5) is 4.39 Å². The van der Waals surface area contributed by atoms with E-state index in [0.717, 1.165) is 11.1 Å². The van der Waals surface area contributed by atoms with E-state index in [1.54, 1.807) is 12.1 Å². The van der Waals surface area contributed by atoms with Crippen LogP contribution >= 0.6 is 21.7 Å². The van der Waals surface area contributed by atoms with E-state index in [1.165, 1.54) is 23.1 Å². The second-order valence-corrected chi connectivity index (χ2v) is 5.42. The molecule has 17 heavy (non-hydrogen) atoms. The van der Waals surface area contributed by atoms with Crippen LogP contribution < -0.4 is 0 Å². The molecular weight excluding hydrogens is 255 g/mol. The van der Waals surface area contributed by atoms with Crippen molar-refractivity contribution in [1.82, 2.24) is 0 Å². The van der Waals surface area contributed by atoms with Gasteiger partial charge in [-0.05, 0) is 51.8 Å². The lowest BCUT2D eigenvalue weighted by Crippen LogP contribution is -2.17. The van der Waals surface area contributed by atoms with Crippen molar-refractivity contribution in [2.75, 3.05) is 0 Å². The summed E-state index contributed by atoms with van der Waals surface area (Å²) in [5.74, 6) is -0.233. The molecule has 0 bridgehead atoms. The van der Waals surface area contributed by atoms with Crippen LogP contribution in [0.25, 0.3) is 0 Å². The molecule has 0 aromatic heterocycles. The van der Waals surface area contributed by atoms with Crippen molar-refractivity contribution in [3.05, 3.63) is 71.5 Å². The van der Waals surface area contributed by atoms with Gasteiger partial charge in [-0.3, -0.25) is 0 Å². The van der Waals surface area contributed by atoms with Gasteiger partial charge in [0, 0.05) is 0 Å². The molecule has 0 spiro atoms. The van der Waals surface area contributed by atoms with E-state index in [0.29, 0.717) is 0 Å². The molecule has 0 aliphatic heterocycles. The maximum Gasteiger partial charge on any atom is 0.123 e. The van der Waals surface area contributed by atoms with Gasteiger partial charge in [-0.1, -0.05) is 42.5 Å². The fourth-order valence-electron chi connectivity index (χ4n) is 1.78. The molecular formula is C14H12ClFS. The minimum absolute atomic E-state index is 0.233. The first-order valence-electron chi connectivity index (χ1n) is 5.28. The fraction of sp³-hybridized carbons (Fsp3) is 0.143. The zero-order valence-corrected chi connectivity index (χ0v) is 10.9. The molecule has 88 valence electrons. The Morgan fingerprint density at radius 1 is 0.941 bits per heavy atom. The van der Waals surface area contributed by atoms with Crippen LogP contribution in [0.5, 0.6) is 0 Å². The van der Waals surface area contributed by atoms with Gasteiger partial charge in [-0.25, -0.2) is 4.39 Å². The summed E-state index contributed by atoms with van der Waals surface area (Å²) >= 11 is 0. The quantitative estimate of drug-likeness (QED) is 0.755. The molecule has 1 unspecified atom stereocenters. The minimum Gasteiger partial charge on any atom is -0.207 e. The average Bonchev–Trinajstić information content (AvgIpc) is 2.40. The summed E-state index contributed by atoms with van der Waals surface area (Å²) in [5, 5.41) is 0. The first-order chi connectivity index (χ1) is 8.16. The van der Waals surface area contributed by atoms with Crippen LogP contribution in [0.3, 0.4) is 0 Å². The number of benzene rings is 2. The lowest BCUT2D eigenvalue weighted by atomic mass is 9.92. The summed E-state index contributed by atoms with van der Waals surface area (Å²) < 4.78 is 12.6. The van der Waals surface area contributed by atoms with Crippen LogP contribution in [0.1, 0.15) is 18.1 Å². The van der Waals surface area contributed by atoms with Gasteiger partial charge in [0.2, 0.25) is 0 Å². The SMILES string of the molecule is CC(SCl)(c1ccccc1)c1ccc(F)cc1. The molecule has 1 atom stereocenters. The van der Waals surface area contributed by atoms with E-state index in [2.05, 4.69) is 0 Å². The predicted molar refractivity (Wildman–Crippen MR) is 72.7 cm³/mol. The van der Waals surface area contributed by atoms with E-state index >= 15 is 0 Å². The summed E-state index contributed by atoms with van der Waals surface area (Å²) in [4.78, 5) is 0. The Balaban J connectivity index is 2.48. The zero-order chi connectivity index (χ0) is 12.3. The van der Waals surface area contributed by atoms with Crippen molar-refractivity contribution < 1.29 is 4.39 Å². The van der Waals surface area contributed by atoms with Gasteiger partial charge in [-0.2, -0.15) is 0 Å². The lowest BCUT2D eigenvalue weighted by Gasteiger charge is -2.27. The Hall–Kier alpha value is -0.990. The normalized spacial score (nSPS) is 14.3. The highest BCUT2D eigenvalue weighted by molar-refractivity contribution is 8.21. The Bertz CT molecular complexity index is 483. The summed E-state index contributed by atoms with van der Waals surface area (Å²) in [5.41, 5.74) is 2.09. The molecule has 2 aromatic rings. The van der Waals surface area contributed by atoms with Crippen LogP contribution in [0, 0.1) is 5.82 Å². The minimum atomic E-state index is -0.365. The molecule has 0 aliphatic rings. The van der Waals surface area contributed by atoms with Gasteiger partial charge < -0.3 is 0 Å². The highest BCUT2D eigenvalue weighted by atomic mass is 35.7. The molecule has 0 saturated carbocycles. The maximum atomic E-state index is 12.9. The third-order valence-electron chi connectivity index (χ3n) is 2.87. The first-order valence-corrected chi connectivity index (χ1v) is 6.92. The van der Waals surface area contributed by atoms with Crippen molar-refractivity contribution in [2.24, 2.45) is 0 Å². The van der Waals surface area contributed by atoms with Crippen LogP contribution in [-0.2, 0) is 4.75 Å². The van der Waals surface area contributed by atoms with Crippen molar-refractivity contribution in [3.8, 4) is 0 Å². The molecule has 0 heterocycles. The first kappa shape index (κ1) is 12.5. The van der Waals surface area contributed by atoms with E-state index in [4.69, 9.17) is 10.7 Å². The predicted octanol–water partition coefficient (Wildman–Crippen LogP) is 4.98. The van der Waals surface area contributed by atoms with Gasteiger partial charge in [0.25, 0.3) is 0 Å². The van der Waals surface area contributed by atoms with Gasteiger partial charge >= 0.3 is 0 Å². The summed E-state index contributed by atoms with van der Waals surface area (Å²) in [7, 11) is 7.27. The van der Waals surface area contributed by atoms with Crippen molar-refractivity contribution >= 4 is 21.7 Å². The third kappa shape index (κ3) is 2.48. The van der Waals surface area contributed by atoms with Gasteiger partial charge in [0.05, 0.1) is 4.75 Å². The van der Waals surface area contributed by atoms with E-state index in [1.807, 2.05) is 37.3 Å². The number of rotatable bonds is 3. The Morgan fingerprint density at radius 2 is 1.47 bits per heavy atom. The topological polar surface area (TPSA) is 0 Å². The van der Waals surface area contributed by atoms with Gasteiger partial charge in [0.15, 0.2) is 0 Å². The highest BCUT2D eigenvalue weighted by Gasteiger charge is 2.29.